The van der Waals surface area contributed by atoms with E-state index in [1.807, 2.05) is 12.1 Å². The number of hydrogen-bond acceptors (Lipinski definition) is 1. The smallest absolute Gasteiger partial charge is 0.123 e. The van der Waals surface area contributed by atoms with Crippen LogP contribution < -0.4 is 4.90 Å². The van der Waals surface area contributed by atoms with Gasteiger partial charge in [0, 0.05) is 46.0 Å². The van der Waals surface area contributed by atoms with Gasteiger partial charge in [-0.2, -0.15) is 0 Å². The van der Waals surface area contributed by atoms with E-state index in [9.17, 15) is 4.39 Å². The van der Waals surface area contributed by atoms with Gasteiger partial charge in [0.2, 0.25) is 0 Å². The zero-order valence-corrected chi connectivity index (χ0v) is 28.9. The van der Waals surface area contributed by atoms with Crippen molar-refractivity contribution in [3.8, 4) is 44.6 Å². The molecule has 1 heterocycles. The van der Waals surface area contributed by atoms with Gasteiger partial charge in [-0.05, 0) is 99.1 Å². The highest BCUT2D eigenvalue weighted by molar-refractivity contribution is 6.05. The second-order valence-corrected chi connectivity index (χ2v) is 14.0. The van der Waals surface area contributed by atoms with E-state index >= 15 is 0 Å². The van der Waals surface area contributed by atoms with Crippen LogP contribution in [0, 0.1) is 5.82 Å². The highest BCUT2D eigenvalue weighted by Crippen LogP contribution is 2.51. The molecule has 0 aliphatic heterocycles. The van der Waals surface area contributed by atoms with Crippen LogP contribution >= 0.6 is 0 Å². The lowest BCUT2D eigenvalue weighted by atomic mass is 9.82. The lowest BCUT2D eigenvalue weighted by Crippen LogP contribution is -2.16. The van der Waals surface area contributed by atoms with Crippen LogP contribution in [-0.2, 0) is 12.5 Å². The molecule has 9 rings (SSSR count). The van der Waals surface area contributed by atoms with Crippen molar-refractivity contribution in [1.82, 2.24) is 4.57 Å². The van der Waals surface area contributed by atoms with Gasteiger partial charge in [0.25, 0.3) is 0 Å². The molecule has 0 bridgehead atoms. The molecule has 0 N–H and O–H groups in total. The second kappa shape index (κ2) is 12.0. The van der Waals surface area contributed by atoms with Gasteiger partial charge in [0.1, 0.15) is 5.82 Å². The van der Waals surface area contributed by atoms with Crippen molar-refractivity contribution in [3.05, 3.63) is 187 Å². The minimum atomic E-state index is -0.239. The topological polar surface area (TPSA) is 8.17 Å². The summed E-state index contributed by atoms with van der Waals surface area (Å²) in [5.74, 6) is -0.239. The number of aryl methyl sites for hydroxylation is 1. The Kier molecular flexibility index (Phi) is 7.25. The number of halogens is 1. The molecule has 1 aromatic heterocycles. The summed E-state index contributed by atoms with van der Waals surface area (Å²) in [5, 5.41) is 0.901. The molecule has 51 heavy (non-hydrogen) atoms. The minimum absolute atomic E-state index is 0.119. The number of anilines is 3. The maximum Gasteiger partial charge on any atom is 0.123 e. The molecule has 8 aromatic rings. The molecular formula is C48H37FN2. The molecule has 0 saturated carbocycles. The van der Waals surface area contributed by atoms with Crippen LogP contribution in [0.5, 0.6) is 0 Å². The molecule has 0 spiro atoms. The Morgan fingerprint density at radius 2 is 1.04 bits per heavy atom. The molecule has 0 radical (unpaired) electrons. The first kappa shape index (κ1) is 30.8. The SMILES string of the molecule is Cn1c(-c2ccccc2)c(-c2ccc(N(c3ccc(-c4ccccc4)cc3)c3ccc4c(c3)C(C)(C)c3ccccc3-4)cc2)c2cc(F)ccc21. The van der Waals surface area contributed by atoms with Gasteiger partial charge in [-0.25, -0.2) is 4.39 Å². The summed E-state index contributed by atoms with van der Waals surface area (Å²) in [4.78, 5) is 2.35. The fourth-order valence-electron chi connectivity index (χ4n) is 8.13. The van der Waals surface area contributed by atoms with Crippen molar-refractivity contribution in [2.75, 3.05) is 4.90 Å². The van der Waals surface area contributed by atoms with Crippen LogP contribution in [0.1, 0.15) is 25.0 Å². The lowest BCUT2D eigenvalue weighted by molar-refractivity contribution is 0.629. The first-order valence-corrected chi connectivity index (χ1v) is 17.5. The number of hydrogen-bond donors (Lipinski definition) is 0. The fourth-order valence-corrected chi connectivity index (χ4v) is 8.13. The first-order chi connectivity index (χ1) is 24.9. The predicted octanol–water partition coefficient (Wildman–Crippen LogP) is 13.1. The van der Waals surface area contributed by atoms with Gasteiger partial charge in [-0.15, -0.1) is 0 Å². The van der Waals surface area contributed by atoms with E-state index in [1.54, 1.807) is 12.1 Å². The molecule has 7 aromatic carbocycles. The number of rotatable bonds is 6. The summed E-state index contributed by atoms with van der Waals surface area (Å²) in [7, 11) is 2.06. The summed E-state index contributed by atoms with van der Waals surface area (Å²) in [6.45, 7) is 4.65. The summed E-state index contributed by atoms with van der Waals surface area (Å²) in [5.41, 5.74) is 16.0. The maximum absolute atomic E-state index is 14.8. The van der Waals surface area contributed by atoms with Crippen LogP contribution in [0.25, 0.3) is 55.5 Å². The zero-order chi connectivity index (χ0) is 34.7. The van der Waals surface area contributed by atoms with Crippen molar-refractivity contribution >= 4 is 28.0 Å². The molecule has 0 atom stereocenters. The molecule has 0 saturated heterocycles. The Hall–Kier alpha value is -6.19. The van der Waals surface area contributed by atoms with Crippen molar-refractivity contribution in [3.63, 3.8) is 0 Å². The van der Waals surface area contributed by atoms with Crippen LogP contribution in [0.4, 0.5) is 21.5 Å². The highest BCUT2D eigenvalue weighted by Gasteiger charge is 2.35. The van der Waals surface area contributed by atoms with E-state index in [4.69, 9.17) is 0 Å². The summed E-state index contributed by atoms with van der Waals surface area (Å²) >= 11 is 0. The van der Waals surface area contributed by atoms with E-state index in [2.05, 4.69) is 176 Å². The lowest BCUT2D eigenvalue weighted by Gasteiger charge is -2.28. The van der Waals surface area contributed by atoms with Gasteiger partial charge in [-0.1, -0.05) is 129 Å². The van der Waals surface area contributed by atoms with Gasteiger partial charge < -0.3 is 9.47 Å². The highest BCUT2D eigenvalue weighted by atomic mass is 19.1. The molecule has 1 aliphatic carbocycles. The largest absolute Gasteiger partial charge is 0.343 e. The van der Waals surface area contributed by atoms with E-state index < -0.39 is 0 Å². The number of aromatic nitrogens is 1. The Bertz CT molecular complexity index is 2550. The standard InChI is InChI=1S/C48H37FN2/c1-48(2)43-17-11-10-16-40(43)41-28-27-39(31-44(41)48)51(37-23-18-33(19-24-37)32-12-6-4-7-13-32)38-25-20-34(21-26-38)46-42-30-36(49)22-29-45(42)50(3)47(46)35-14-8-5-9-15-35/h4-31H,1-3H3. The molecule has 3 heteroatoms. The third kappa shape index (κ3) is 5.08. The van der Waals surface area contributed by atoms with E-state index in [0.717, 1.165) is 50.3 Å². The van der Waals surface area contributed by atoms with Crippen LogP contribution in [-0.4, -0.2) is 4.57 Å². The second-order valence-electron chi connectivity index (χ2n) is 14.0. The molecule has 1 aliphatic rings. The monoisotopic (exact) mass is 660 g/mol. The van der Waals surface area contributed by atoms with Crippen LogP contribution in [0.15, 0.2) is 170 Å². The van der Waals surface area contributed by atoms with Gasteiger partial charge in [-0.3, -0.25) is 0 Å². The van der Waals surface area contributed by atoms with Crippen molar-refractivity contribution in [2.45, 2.75) is 19.3 Å². The van der Waals surface area contributed by atoms with E-state index in [-0.39, 0.29) is 11.2 Å². The summed E-state index contributed by atoms with van der Waals surface area (Å²) in [6, 6.07) is 59.2. The fraction of sp³-hybridized carbons (Fsp3) is 0.0833. The number of nitrogens with zero attached hydrogens (tertiary/aromatic N) is 2. The van der Waals surface area contributed by atoms with Gasteiger partial charge in [0.15, 0.2) is 0 Å². The van der Waals surface area contributed by atoms with Crippen molar-refractivity contribution < 1.29 is 4.39 Å². The molecule has 246 valence electrons. The first-order valence-electron chi connectivity index (χ1n) is 17.5. The number of benzene rings is 7. The van der Waals surface area contributed by atoms with E-state index in [0.29, 0.717) is 0 Å². The predicted molar refractivity (Wildman–Crippen MR) is 211 cm³/mol. The Balaban J connectivity index is 1.19. The number of fused-ring (bicyclic) bond motifs is 4. The van der Waals surface area contributed by atoms with Crippen LogP contribution in [0.3, 0.4) is 0 Å². The molecular weight excluding hydrogens is 624 g/mol. The Morgan fingerprint density at radius 3 is 1.73 bits per heavy atom. The quantitative estimate of drug-likeness (QED) is 0.172. The summed E-state index contributed by atoms with van der Waals surface area (Å²) < 4.78 is 17.0. The van der Waals surface area contributed by atoms with Crippen molar-refractivity contribution in [2.24, 2.45) is 7.05 Å². The van der Waals surface area contributed by atoms with Gasteiger partial charge in [0.05, 0.1) is 5.69 Å². The molecule has 0 fully saturated rings. The van der Waals surface area contributed by atoms with E-state index in [1.165, 1.54) is 33.4 Å². The zero-order valence-electron chi connectivity index (χ0n) is 28.9. The van der Waals surface area contributed by atoms with Crippen molar-refractivity contribution in [1.29, 1.82) is 0 Å². The van der Waals surface area contributed by atoms with Crippen LogP contribution in [0.2, 0.25) is 0 Å². The summed E-state index contributed by atoms with van der Waals surface area (Å²) in [6.07, 6.45) is 0. The molecule has 0 amide bonds. The molecule has 0 unspecified atom stereocenters. The Labute approximate surface area is 298 Å². The Morgan fingerprint density at radius 1 is 0.490 bits per heavy atom. The molecule has 2 nitrogen and oxygen atoms in total. The third-order valence-electron chi connectivity index (χ3n) is 10.7. The third-order valence-corrected chi connectivity index (χ3v) is 10.7. The maximum atomic E-state index is 14.8. The average Bonchev–Trinajstić information content (AvgIpc) is 3.59. The minimum Gasteiger partial charge on any atom is -0.343 e. The van der Waals surface area contributed by atoms with Gasteiger partial charge >= 0.3 is 0 Å². The average molecular weight is 661 g/mol. The normalized spacial score (nSPS) is 12.9.